The van der Waals surface area contributed by atoms with Crippen molar-refractivity contribution in [2.75, 3.05) is 0 Å². The number of nitrogens with one attached hydrogen (secondary N) is 1. The molecule has 1 fully saturated rings. The molecule has 96 valence electrons. The summed E-state index contributed by atoms with van der Waals surface area (Å²) in [5, 5.41) is 8.03. The molecule has 1 atom stereocenters. The van der Waals surface area contributed by atoms with Crippen LogP contribution in [0.2, 0.25) is 0 Å². The molecular formula is C14H25N3. The Morgan fingerprint density at radius 2 is 2.00 bits per heavy atom. The first-order chi connectivity index (χ1) is 7.99. The maximum atomic E-state index is 4.31. The third kappa shape index (κ3) is 2.54. The smallest absolute Gasteiger partial charge is 0.0540 e. The fourth-order valence-corrected chi connectivity index (χ4v) is 2.73. The van der Waals surface area contributed by atoms with Crippen LogP contribution in [0, 0.1) is 18.8 Å². The van der Waals surface area contributed by atoms with Crippen LogP contribution in [0.15, 0.2) is 6.20 Å². The van der Waals surface area contributed by atoms with Gasteiger partial charge in [0.2, 0.25) is 0 Å². The molecule has 1 N–H and O–H groups in total. The largest absolute Gasteiger partial charge is 0.307 e. The predicted molar refractivity (Wildman–Crippen MR) is 70.8 cm³/mol. The van der Waals surface area contributed by atoms with Gasteiger partial charge in [0.25, 0.3) is 0 Å². The monoisotopic (exact) mass is 235 g/mol. The molecule has 3 heteroatoms. The number of nitrogens with zero attached hydrogens (tertiary/aromatic N) is 2. The summed E-state index contributed by atoms with van der Waals surface area (Å²) in [7, 11) is 2.00. The fraction of sp³-hybridized carbons (Fsp3) is 0.786. The maximum absolute atomic E-state index is 4.31. The van der Waals surface area contributed by atoms with Crippen LogP contribution in [0.1, 0.15) is 50.9 Å². The van der Waals surface area contributed by atoms with Crippen LogP contribution in [0.25, 0.3) is 0 Å². The molecule has 1 saturated carbocycles. The van der Waals surface area contributed by atoms with Crippen LogP contribution < -0.4 is 5.32 Å². The van der Waals surface area contributed by atoms with E-state index in [4.69, 9.17) is 0 Å². The topological polar surface area (TPSA) is 29.9 Å². The highest BCUT2D eigenvalue weighted by Gasteiger charge is 2.32. The Morgan fingerprint density at radius 1 is 1.35 bits per heavy atom. The molecular weight excluding hydrogens is 210 g/mol. The van der Waals surface area contributed by atoms with E-state index in [0.717, 1.165) is 11.8 Å². The van der Waals surface area contributed by atoms with Crippen LogP contribution in [-0.4, -0.2) is 15.8 Å². The number of aryl methyl sites for hydroxylation is 1. The molecule has 1 aromatic rings. The van der Waals surface area contributed by atoms with E-state index in [1.165, 1.54) is 24.1 Å². The van der Waals surface area contributed by atoms with Crippen LogP contribution >= 0.6 is 0 Å². The Bertz CT molecular complexity index is 375. The average Bonchev–Trinajstić information content (AvgIpc) is 2.52. The molecule has 0 radical (unpaired) electrons. The lowest BCUT2D eigenvalue weighted by Gasteiger charge is -2.40. The van der Waals surface area contributed by atoms with E-state index in [1.54, 1.807) is 0 Å². The predicted octanol–water partition coefficient (Wildman–Crippen LogP) is 2.81. The Kier molecular flexibility index (Phi) is 3.57. The molecule has 0 spiro atoms. The zero-order valence-electron chi connectivity index (χ0n) is 11.7. The zero-order chi connectivity index (χ0) is 12.6. The molecule has 0 bridgehead atoms. The van der Waals surface area contributed by atoms with Crippen molar-refractivity contribution in [1.82, 2.24) is 15.1 Å². The molecule has 2 rings (SSSR count). The summed E-state index contributed by atoms with van der Waals surface area (Å²) in [4.78, 5) is 0. The second-order valence-electron chi connectivity index (χ2n) is 5.87. The molecule has 0 amide bonds. The van der Waals surface area contributed by atoms with Gasteiger partial charge >= 0.3 is 0 Å². The minimum absolute atomic E-state index is 0.418. The highest BCUT2D eigenvalue weighted by Crippen LogP contribution is 2.35. The van der Waals surface area contributed by atoms with E-state index in [2.05, 4.69) is 38.1 Å². The summed E-state index contributed by atoms with van der Waals surface area (Å²) >= 11 is 0. The van der Waals surface area contributed by atoms with E-state index >= 15 is 0 Å². The van der Waals surface area contributed by atoms with E-state index < -0.39 is 0 Å². The Balaban J connectivity index is 1.87. The van der Waals surface area contributed by atoms with Gasteiger partial charge in [-0.3, -0.25) is 4.68 Å². The molecule has 1 heterocycles. The molecule has 1 unspecified atom stereocenters. The van der Waals surface area contributed by atoms with Gasteiger partial charge in [0.1, 0.15) is 0 Å². The zero-order valence-corrected chi connectivity index (χ0v) is 11.7. The van der Waals surface area contributed by atoms with Gasteiger partial charge in [-0.1, -0.05) is 13.8 Å². The van der Waals surface area contributed by atoms with Crippen molar-refractivity contribution in [2.24, 2.45) is 18.9 Å². The third-order valence-corrected chi connectivity index (χ3v) is 4.34. The Hall–Kier alpha value is -0.830. The van der Waals surface area contributed by atoms with Gasteiger partial charge < -0.3 is 5.32 Å². The third-order valence-electron chi connectivity index (χ3n) is 4.34. The summed E-state index contributed by atoms with van der Waals surface area (Å²) in [5.74, 6) is 1.76. The summed E-state index contributed by atoms with van der Waals surface area (Å²) in [6, 6.07) is 1.12. The molecule has 0 saturated heterocycles. The lowest BCUT2D eigenvalue weighted by atomic mass is 9.73. The minimum Gasteiger partial charge on any atom is -0.307 e. The number of rotatable bonds is 4. The van der Waals surface area contributed by atoms with E-state index in [-0.39, 0.29) is 0 Å². The minimum atomic E-state index is 0.418. The van der Waals surface area contributed by atoms with Crippen molar-refractivity contribution < 1.29 is 0 Å². The van der Waals surface area contributed by atoms with Crippen molar-refractivity contribution >= 4 is 0 Å². The van der Waals surface area contributed by atoms with Crippen LogP contribution in [0.5, 0.6) is 0 Å². The summed E-state index contributed by atoms with van der Waals surface area (Å²) in [6.45, 7) is 9.04. The second kappa shape index (κ2) is 4.81. The van der Waals surface area contributed by atoms with Gasteiger partial charge in [0.05, 0.1) is 6.20 Å². The molecule has 1 aliphatic carbocycles. The first-order valence-corrected chi connectivity index (χ1v) is 6.73. The molecule has 17 heavy (non-hydrogen) atoms. The number of aromatic nitrogens is 2. The Labute approximate surface area is 105 Å². The van der Waals surface area contributed by atoms with Gasteiger partial charge in [-0.25, -0.2) is 0 Å². The normalized spacial score (nSPS) is 26.0. The standard InChI is InChI=1S/C14H25N3/c1-9(2)12-6-13(7-12)16-10(3)14-8-15-17(5)11(14)4/h8-10,12-13,16H,6-7H2,1-5H3. The molecule has 0 aliphatic heterocycles. The first-order valence-electron chi connectivity index (χ1n) is 6.73. The molecule has 1 aromatic heterocycles. The van der Waals surface area contributed by atoms with Crippen LogP contribution in [0.4, 0.5) is 0 Å². The first kappa shape index (κ1) is 12.6. The van der Waals surface area contributed by atoms with Crippen LogP contribution in [-0.2, 0) is 7.05 Å². The van der Waals surface area contributed by atoms with E-state index in [9.17, 15) is 0 Å². The molecule has 0 aromatic carbocycles. The van der Waals surface area contributed by atoms with Gasteiger partial charge in [-0.05, 0) is 38.5 Å². The Morgan fingerprint density at radius 3 is 2.47 bits per heavy atom. The van der Waals surface area contributed by atoms with Gasteiger partial charge in [-0.2, -0.15) is 5.10 Å². The van der Waals surface area contributed by atoms with Crippen molar-refractivity contribution in [3.63, 3.8) is 0 Å². The number of hydrogen-bond donors (Lipinski definition) is 1. The fourth-order valence-electron chi connectivity index (χ4n) is 2.73. The molecule has 3 nitrogen and oxygen atoms in total. The maximum Gasteiger partial charge on any atom is 0.0540 e. The quantitative estimate of drug-likeness (QED) is 0.869. The van der Waals surface area contributed by atoms with Gasteiger partial charge in [-0.15, -0.1) is 0 Å². The molecule has 1 aliphatic rings. The lowest BCUT2D eigenvalue weighted by molar-refractivity contribution is 0.159. The van der Waals surface area contributed by atoms with Crippen molar-refractivity contribution in [2.45, 2.75) is 52.6 Å². The van der Waals surface area contributed by atoms with Gasteiger partial charge in [0.15, 0.2) is 0 Å². The summed E-state index contributed by atoms with van der Waals surface area (Å²) in [6.07, 6.45) is 4.66. The van der Waals surface area contributed by atoms with E-state index in [0.29, 0.717) is 12.1 Å². The average molecular weight is 235 g/mol. The highest BCUT2D eigenvalue weighted by molar-refractivity contribution is 5.20. The van der Waals surface area contributed by atoms with Crippen molar-refractivity contribution in [1.29, 1.82) is 0 Å². The SMILES string of the molecule is Cc1c(C(C)NC2CC(C(C)C)C2)cnn1C. The summed E-state index contributed by atoms with van der Waals surface area (Å²) < 4.78 is 1.95. The van der Waals surface area contributed by atoms with Crippen LogP contribution in [0.3, 0.4) is 0 Å². The second-order valence-corrected chi connectivity index (χ2v) is 5.87. The van der Waals surface area contributed by atoms with Crippen molar-refractivity contribution in [3.8, 4) is 0 Å². The van der Waals surface area contributed by atoms with Crippen molar-refractivity contribution in [3.05, 3.63) is 17.5 Å². The lowest BCUT2D eigenvalue weighted by Crippen LogP contribution is -2.44. The highest BCUT2D eigenvalue weighted by atomic mass is 15.3. The van der Waals surface area contributed by atoms with Gasteiger partial charge in [0, 0.05) is 30.4 Å². The van der Waals surface area contributed by atoms with E-state index in [1.807, 2.05) is 17.9 Å². The summed E-state index contributed by atoms with van der Waals surface area (Å²) in [5.41, 5.74) is 2.60. The number of hydrogen-bond acceptors (Lipinski definition) is 2.